The van der Waals surface area contributed by atoms with Gasteiger partial charge in [-0.05, 0) is 48.2 Å². The van der Waals surface area contributed by atoms with Crippen LogP contribution < -0.4 is 5.32 Å². The fraction of sp³-hybridized carbons (Fsp3) is 0.300. The van der Waals surface area contributed by atoms with Crippen LogP contribution in [0.5, 0.6) is 0 Å². The Balaban J connectivity index is 1.77. The van der Waals surface area contributed by atoms with E-state index in [0.29, 0.717) is 6.04 Å². The van der Waals surface area contributed by atoms with Crippen LogP contribution in [0.4, 0.5) is 0 Å². The van der Waals surface area contributed by atoms with Gasteiger partial charge in [-0.25, -0.2) is 0 Å². The molecule has 2 aromatic carbocycles. The molecule has 4 heteroatoms. The molecule has 0 bridgehead atoms. The van der Waals surface area contributed by atoms with Crippen LogP contribution in [0.3, 0.4) is 0 Å². The summed E-state index contributed by atoms with van der Waals surface area (Å²) in [6.07, 6.45) is 1.19. The van der Waals surface area contributed by atoms with Gasteiger partial charge in [-0.3, -0.25) is 4.90 Å². The minimum atomic E-state index is 0.305. The van der Waals surface area contributed by atoms with Crippen LogP contribution in [0.1, 0.15) is 22.9 Å². The first-order valence-corrected chi connectivity index (χ1v) is 9.69. The van der Waals surface area contributed by atoms with Crippen molar-refractivity contribution in [2.45, 2.75) is 12.5 Å². The second kappa shape index (κ2) is 7.24. The van der Waals surface area contributed by atoms with Crippen LogP contribution >= 0.6 is 22.9 Å². The molecule has 0 saturated carbocycles. The molecule has 124 valence electrons. The van der Waals surface area contributed by atoms with Gasteiger partial charge in [0.25, 0.3) is 0 Å². The van der Waals surface area contributed by atoms with Crippen molar-refractivity contribution in [2.75, 3.05) is 26.2 Å². The molecule has 1 atom stereocenters. The van der Waals surface area contributed by atoms with Crippen molar-refractivity contribution in [2.24, 2.45) is 0 Å². The molecule has 1 N–H and O–H groups in total. The van der Waals surface area contributed by atoms with Crippen LogP contribution in [0.15, 0.2) is 54.6 Å². The van der Waals surface area contributed by atoms with Gasteiger partial charge < -0.3 is 5.32 Å². The zero-order valence-corrected chi connectivity index (χ0v) is 15.1. The Bertz CT molecular complexity index is 771. The van der Waals surface area contributed by atoms with E-state index in [-0.39, 0.29) is 0 Å². The lowest BCUT2D eigenvalue weighted by Crippen LogP contribution is -2.32. The van der Waals surface area contributed by atoms with Gasteiger partial charge in [-0.1, -0.05) is 41.9 Å². The largest absolute Gasteiger partial charge is 0.315 e. The van der Waals surface area contributed by atoms with E-state index in [1.807, 2.05) is 23.5 Å². The first-order valence-electron chi connectivity index (χ1n) is 8.50. The number of hydrogen-bond acceptors (Lipinski definition) is 3. The summed E-state index contributed by atoms with van der Waals surface area (Å²) in [4.78, 5) is 4.02. The van der Waals surface area contributed by atoms with Gasteiger partial charge in [0.2, 0.25) is 0 Å². The highest BCUT2D eigenvalue weighted by molar-refractivity contribution is 7.19. The van der Waals surface area contributed by atoms with Crippen molar-refractivity contribution < 1.29 is 0 Å². The monoisotopic (exact) mass is 356 g/mol. The van der Waals surface area contributed by atoms with Gasteiger partial charge in [-0.2, -0.15) is 0 Å². The number of nitrogens with one attached hydrogen (secondary N) is 1. The molecule has 0 radical (unpaired) electrons. The highest BCUT2D eigenvalue weighted by Gasteiger charge is 2.24. The Hall–Kier alpha value is -1.39. The highest BCUT2D eigenvalue weighted by atomic mass is 35.5. The number of halogens is 1. The normalized spacial score (nSPS) is 17.7. The Labute approximate surface area is 152 Å². The molecular weight excluding hydrogens is 336 g/mol. The lowest BCUT2D eigenvalue weighted by molar-refractivity contribution is 0.244. The molecule has 2 nitrogen and oxygen atoms in total. The van der Waals surface area contributed by atoms with E-state index in [2.05, 4.69) is 52.7 Å². The van der Waals surface area contributed by atoms with Crippen LogP contribution in [0.25, 0.3) is 10.1 Å². The maximum atomic E-state index is 6.12. The number of rotatable bonds is 3. The zero-order chi connectivity index (χ0) is 16.4. The van der Waals surface area contributed by atoms with Gasteiger partial charge in [0.15, 0.2) is 0 Å². The van der Waals surface area contributed by atoms with Gasteiger partial charge in [0.1, 0.15) is 0 Å². The van der Waals surface area contributed by atoms with Crippen molar-refractivity contribution in [1.29, 1.82) is 0 Å². The molecule has 1 aromatic heterocycles. The quantitative estimate of drug-likeness (QED) is 0.715. The molecule has 4 rings (SSSR count). The predicted molar refractivity (Wildman–Crippen MR) is 104 cm³/mol. The first kappa shape index (κ1) is 16.1. The highest BCUT2D eigenvalue weighted by Crippen LogP contribution is 2.37. The third-order valence-corrected chi connectivity index (χ3v) is 6.06. The van der Waals surface area contributed by atoms with Crippen molar-refractivity contribution in [3.63, 3.8) is 0 Å². The summed E-state index contributed by atoms with van der Waals surface area (Å²) >= 11 is 8.03. The Kier molecular flexibility index (Phi) is 4.86. The van der Waals surface area contributed by atoms with Crippen molar-refractivity contribution in [3.8, 4) is 0 Å². The number of thiophene rings is 1. The zero-order valence-electron chi connectivity index (χ0n) is 13.5. The van der Waals surface area contributed by atoms with Crippen molar-refractivity contribution in [1.82, 2.24) is 10.2 Å². The molecule has 0 aliphatic carbocycles. The van der Waals surface area contributed by atoms with E-state index in [1.165, 1.54) is 26.9 Å². The van der Waals surface area contributed by atoms with Crippen LogP contribution in [-0.2, 0) is 0 Å². The second-order valence-electron chi connectivity index (χ2n) is 6.28. The average molecular weight is 357 g/mol. The molecule has 1 aliphatic rings. The third kappa shape index (κ3) is 3.35. The van der Waals surface area contributed by atoms with Crippen LogP contribution in [-0.4, -0.2) is 31.1 Å². The molecule has 24 heavy (non-hydrogen) atoms. The van der Waals surface area contributed by atoms with Gasteiger partial charge >= 0.3 is 0 Å². The summed E-state index contributed by atoms with van der Waals surface area (Å²) < 4.78 is 1.36. The lowest BCUT2D eigenvalue weighted by Gasteiger charge is -2.30. The Morgan fingerprint density at radius 2 is 1.83 bits per heavy atom. The van der Waals surface area contributed by atoms with E-state index in [9.17, 15) is 0 Å². The van der Waals surface area contributed by atoms with Gasteiger partial charge in [-0.15, -0.1) is 11.3 Å². The fourth-order valence-corrected chi connectivity index (χ4v) is 4.82. The van der Waals surface area contributed by atoms with Crippen molar-refractivity contribution >= 4 is 33.0 Å². The number of hydrogen-bond donors (Lipinski definition) is 1. The maximum Gasteiger partial charge on any atom is 0.0696 e. The SMILES string of the molecule is Clc1ccc(C(c2cc3ccccc3s2)N2CCCNCC2)cc1. The minimum absolute atomic E-state index is 0.305. The standard InChI is InChI=1S/C20H21ClN2S/c21-17-8-6-15(7-9-17)20(23-12-3-10-22-11-13-23)19-14-16-4-1-2-5-18(16)24-19/h1-2,4-9,14,20,22H,3,10-13H2. The molecule has 2 heterocycles. The number of nitrogens with zero attached hydrogens (tertiary/aromatic N) is 1. The first-order chi connectivity index (χ1) is 11.8. The molecule has 1 saturated heterocycles. The topological polar surface area (TPSA) is 15.3 Å². The fourth-order valence-electron chi connectivity index (χ4n) is 3.46. The molecular formula is C20H21ClN2S. The third-order valence-electron chi connectivity index (χ3n) is 4.64. The number of fused-ring (bicyclic) bond motifs is 1. The van der Waals surface area contributed by atoms with E-state index in [0.717, 1.165) is 31.2 Å². The van der Waals surface area contributed by atoms with Crippen LogP contribution in [0.2, 0.25) is 5.02 Å². The summed E-state index contributed by atoms with van der Waals surface area (Å²) in [5, 5.41) is 5.65. The summed E-state index contributed by atoms with van der Waals surface area (Å²) in [5.41, 5.74) is 1.33. The second-order valence-corrected chi connectivity index (χ2v) is 7.83. The maximum absolute atomic E-state index is 6.12. The molecule has 3 aromatic rings. The molecule has 1 fully saturated rings. The van der Waals surface area contributed by atoms with Crippen LogP contribution in [0, 0.1) is 0 Å². The van der Waals surface area contributed by atoms with E-state index >= 15 is 0 Å². The Morgan fingerprint density at radius 1 is 1.00 bits per heavy atom. The number of benzene rings is 2. The summed E-state index contributed by atoms with van der Waals surface area (Å²) in [6.45, 7) is 4.35. The van der Waals surface area contributed by atoms with Crippen molar-refractivity contribution in [3.05, 3.63) is 70.1 Å². The smallest absolute Gasteiger partial charge is 0.0696 e. The van der Waals surface area contributed by atoms with E-state index < -0.39 is 0 Å². The summed E-state index contributed by atoms with van der Waals surface area (Å²) in [7, 11) is 0. The molecule has 0 spiro atoms. The lowest BCUT2D eigenvalue weighted by atomic mass is 10.0. The summed E-state index contributed by atoms with van der Waals surface area (Å²) in [6, 6.07) is 19.7. The summed E-state index contributed by atoms with van der Waals surface area (Å²) in [5.74, 6) is 0. The van der Waals surface area contributed by atoms with Gasteiger partial charge in [0.05, 0.1) is 6.04 Å². The minimum Gasteiger partial charge on any atom is -0.315 e. The van der Waals surface area contributed by atoms with E-state index in [4.69, 9.17) is 11.6 Å². The van der Waals surface area contributed by atoms with Gasteiger partial charge in [0, 0.05) is 34.2 Å². The Morgan fingerprint density at radius 3 is 2.67 bits per heavy atom. The molecule has 0 amide bonds. The molecule has 1 unspecified atom stereocenters. The molecule has 1 aliphatic heterocycles. The predicted octanol–water partition coefficient (Wildman–Crippen LogP) is 4.94. The average Bonchev–Trinajstić information content (AvgIpc) is 2.84. The van der Waals surface area contributed by atoms with E-state index in [1.54, 1.807) is 0 Å².